The molecule has 2 amide bonds. The summed E-state index contributed by atoms with van der Waals surface area (Å²) in [5.74, 6) is -1.81. The highest BCUT2D eigenvalue weighted by atomic mass is 19.1. The van der Waals surface area contributed by atoms with Crippen LogP contribution in [0.3, 0.4) is 0 Å². The molecule has 10 heteroatoms. The molecule has 1 saturated heterocycles. The van der Waals surface area contributed by atoms with Crippen molar-refractivity contribution in [2.75, 3.05) is 16.9 Å². The van der Waals surface area contributed by atoms with E-state index in [0.717, 1.165) is 10.4 Å². The molecule has 0 unspecified atom stereocenters. The minimum Gasteiger partial charge on any atom is -0.312 e. The smallest absolute Gasteiger partial charge is 0.283 e. The first-order chi connectivity index (χ1) is 15.5. The van der Waals surface area contributed by atoms with Crippen molar-refractivity contribution in [3.05, 3.63) is 83.3 Å². The Bertz CT molecular complexity index is 1380. The lowest BCUT2D eigenvalue weighted by Gasteiger charge is -2.17. The lowest BCUT2D eigenvalue weighted by Crippen LogP contribution is -2.37. The molecule has 0 bridgehead atoms. The molecule has 2 aromatic carbocycles. The van der Waals surface area contributed by atoms with Gasteiger partial charge in [-0.25, -0.2) is 18.7 Å². The predicted molar refractivity (Wildman–Crippen MR) is 114 cm³/mol. The van der Waals surface area contributed by atoms with Gasteiger partial charge in [0.15, 0.2) is 5.65 Å². The van der Waals surface area contributed by atoms with Crippen LogP contribution in [0.1, 0.15) is 6.42 Å². The first-order valence-corrected chi connectivity index (χ1v) is 9.89. The Labute approximate surface area is 180 Å². The number of para-hydroxylation sites is 1. The summed E-state index contributed by atoms with van der Waals surface area (Å²) in [6.07, 6.45) is 2.60. The van der Waals surface area contributed by atoms with Crippen LogP contribution >= 0.6 is 0 Å². The highest BCUT2D eigenvalue weighted by molar-refractivity contribution is 6.01. The minimum atomic E-state index is -0.665. The molecule has 5 rings (SSSR count). The molecule has 0 aliphatic carbocycles. The third-order valence-corrected chi connectivity index (χ3v) is 5.35. The summed E-state index contributed by atoms with van der Waals surface area (Å²) < 4.78 is 15.7. The third kappa shape index (κ3) is 3.41. The van der Waals surface area contributed by atoms with Crippen LogP contribution in [0.4, 0.5) is 10.1 Å². The van der Waals surface area contributed by atoms with Gasteiger partial charge in [-0.15, -0.1) is 0 Å². The minimum absolute atomic E-state index is 0.0143. The van der Waals surface area contributed by atoms with Crippen LogP contribution in [-0.4, -0.2) is 37.8 Å². The fourth-order valence-electron chi connectivity index (χ4n) is 3.71. The topological polar surface area (TPSA) is 102 Å². The number of benzene rings is 2. The largest absolute Gasteiger partial charge is 0.312 e. The molecule has 0 radical (unpaired) electrons. The Morgan fingerprint density at radius 3 is 2.53 bits per heavy atom. The molecule has 1 aliphatic rings. The molecule has 32 heavy (non-hydrogen) atoms. The molecular weight excluding hydrogens is 415 g/mol. The summed E-state index contributed by atoms with van der Waals surface area (Å²) in [6, 6.07) is 14.7. The van der Waals surface area contributed by atoms with Crippen molar-refractivity contribution in [3.63, 3.8) is 0 Å². The Kier molecular flexibility index (Phi) is 4.74. The van der Waals surface area contributed by atoms with Crippen molar-refractivity contribution in [1.29, 1.82) is 0 Å². The summed E-state index contributed by atoms with van der Waals surface area (Å²) in [7, 11) is 0. The molecule has 3 heterocycles. The summed E-state index contributed by atoms with van der Waals surface area (Å²) in [5, 5.41) is 4.48. The van der Waals surface area contributed by atoms with E-state index >= 15 is 0 Å². The van der Waals surface area contributed by atoms with Gasteiger partial charge in [-0.2, -0.15) is 5.10 Å². The monoisotopic (exact) mass is 432 g/mol. The number of fused-ring (bicyclic) bond motifs is 1. The van der Waals surface area contributed by atoms with E-state index in [1.807, 2.05) is 30.3 Å². The quantitative estimate of drug-likeness (QED) is 0.530. The fourth-order valence-corrected chi connectivity index (χ4v) is 3.71. The maximum atomic E-state index is 13.2. The van der Waals surface area contributed by atoms with Crippen molar-refractivity contribution in [2.24, 2.45) is 5.92 Å². The molecule has 9 nitrogen and oxygen atoms in total. The number of anilines is 1. The number of nitrogens with zero attached hydrogens (tertiary/aromatic N) is 5. The summed E-state index contributed by atoms with van der Waals surface area (Å²) in [4.78, 5) is 43.7. The summed E-state index contributed by atoms with van der Waals surface area (Å²) >= 11 is 0. The van der Waals surface area contributed by atoms with Crippen LogP contribution in [0.5, 0.6) is 0 Å². The lowest BCUT2D eigenvalue weighted by atomic mass is 10.1. The molecule has 0 saturated carbocycles. The number of hydrogen-bond donors (Lipinski definition) is 1. The summed E-state index contributed by atoms with van der Waals surface area (Å²) in [5.41, 5.74) is 3.67. The highest BCUT2D eigenvalue weighted by Crippen LogP contribution is 2.25. The number of hydrogen-bond acceptors (Lipinski definition) is 5. The SMILES string of the molecule is O=C(Nn1cnc2c(cnn2-c2ccccc2)c1=O)[C@@H]1CC(=O)N(c2ccc(F)cc2)C1. The number of rotatable bonds is 4. The molecular formula is C22H17FN6O3. The van der Waals surface area contributed by atoms with Crippen LogP contribution in [-0.2, 0) is 9.59 Å². The van der Waals surface area contributed by atoms with Gasteiger partial charge in [-0.1, -0.05) is 18.2 Å². The maximum absolute atomic E-state index is 13.2. The van der Waals surface area contributed by atoms with Crippen molar-refractivity contribution in [1.82, 2.24) is 19.4 Å². The Morgan fingerprint density at radius 1 is 1.03 bits per heavy atom. The van der Waals surface area contributed by atoms with Crippen LogP contribution in [0.25, 0.3) is 16.7 Å². The lowest BCUT2D eigenvalue weighted by molar-refractivity contribution is -0.123. The maximum Gasteiger partial charge on any atom is 0.283 e. The molecule has 1 fully saturated rings. The predicted octanol–water partition coefficient (Wildman–Crippen LogP) is 1.84. The molecule has 160 valence electrons. The summed E-state index contributed by atoms with van der Waals surface area (Å²) in [6.45, 7) is 0.132. The average Bonchev–Trinajstić information content (AvgIpc) is 3.41. The van der Waals surface area contributed by atoms with Crippen molar-refractivity contribution < 1.29 is 14.0 Å². The number of aromatic nitrogens is 4. The molecule has 2 aromatic heterocycles. The van der Waals surface area contributed by atoms with E-state index in [1.54, 1.807) is 4.68 Å². The van der Waals surface area contributed by atoms with Crippen LogP contribution in [0.15, 0.2) is 71.9 Å². The Balaban J connectivity index is 1.36. The van der Waals surface area contributed by atoms with Crippen LogP contribution in [0, 0.1) is 11.7 Å². The number of carbonyl (C=O) groups excluding carboxylic acids is 2. The van der Waals surface area contributed by atoms with Gasteiger partial charge in [-0.05, 0) is 36.4 Å². The first-order valence-electron chi connectivity index (χ1n) is 9.89. The second kappa shape index (κ2) is 7.73. The van der Waals surface area contributed by atoms with E-state index in [9.17, 15) is 18.8 Å². The Morgan fingerprint density at radius 2 is 1.78 bits per heavy atom. The fraction of sp³-hybridized carbons (Fsp3) is 0.136. The zero-order chi connectivity index (χ0) is 22.2. The van der Waals surface area contributed by atoms with Gasteiger partial charge >= 0.3 is 0 Å². The molecule has 1 atom stereocenters. The normalized spacial score (nSPS) is 16.0. The average molecular weight is 432 g/mol. The Hall–Kier alpha value is -4.34. The van der Waals surface area contributed by atoms with Crippen LogP contribution < -0.4 is 15.9 Å². The zero-order valence-corrected chi connectivity index (χ0v) is 16.7. The van der Waals surface area contributed by atoms with Crippen molar-refractivity contribution in [3.8, 4) is 5.69 Å². The number of amides is 2. The van der Waals surface area contributed by atoms with Gasteiger partial charge in [0.05, 0.1) is 17.8 Å². The van der Waals surface area contributed by atoms with Gasteiger partial charge in [0.2, 0.25) is 11.8 Å². The van der Waals surface area contributed by atoms with Crippen molar-refractivity contribution in [2.45, 2.75) is 6.42 Å². The molecule has 0 spiro atoms. The van der Waals surface area contributed by atoms with Gasteiger partial charge < -0.3 is 4.90 Å². The molecule has 4 aromatic rings. The van der Waals surface area contributed by atoms with E-state index < -0.39 is 23.2 Å². The van der Waals surface area contributed by atoms with Crippen molar-refractivity contribution >= 4 is 28.5 Å². The number of halogens is 1. The highest BCUT2D eigenvalue weighted by Gasteiger charge is 2.35. The second-order valence-electron chi connectivity index (χ2n) is 7.41. The molecule has 1 aliphatic heterocycles. The van der Waals surface area contributed by atoms with E-state index in [2.05, 4.69) is 15.5 Å². The zero-order valence-electron chi connectivity index (χ0n) is 16.7. The van der Waals surface area contributed by atoms with E-state index in [-0.39, 0.29) is 24.3 Å². The second-order valence-corrected chi connectivity index (χ2v) is 7.41. The first kappa shape index (κ1) is 19.6. The third-order valence-electron chi connectivity index (χ3n) is 5.35. The number of nitrogens with one attached hydrogen (secondary N) is 1. The number of carbonyl (C=O) groups is 2. The van der Waals surface area contributed by atoms with E-state index in [4.69, 9.17) is 0 Å². The van der Waals surface area contributed by atoms with Gasteiger partial charge in [-0.3, -0.25) is 19.8 Å². The van der Waals surface area contributed by atoms with Gasteiger partial charge in [0, 0.05) is 18.7 Å². The molecule has 1 N–H and O–H groups in total. The standard InChI is InChI=1S/C22H17FN6O3/c23-15-6-8-16(9-7-15)27-12-14(10-19(27)30)21(31)26-28-13-24-20-18(22(28)32)11-25-29(20)17-4-2-1-3-5-17/h1-9,11,13-14H,10,12H2,(H,26,31)/t14-/m1/s1. The van der Waals surface area contributed by atoms with E-state index in [1.165, 1.54) is 41.7 Å². The van der Waals surface area contributed by atoms with E-state index in [0.29, 0.717) is 11.3 Å². The van der Waals surface area contributed by atoms with Crippen LogP contribution in [0.2, 0.25) is 0 Å². The van der Waals surface area contributed by atoms with Gasteiger partial charge in [0.1, 0.15) is 17.5 Å². The van der Waals surface area contributed by atoms with Gasteiger partial charge in [0.25, 0.3) is 5.56 Å².